The highest BCUT2D eigenvalue weighted by molar-refractivity contribution is 5.38. The number of benzene rings is 1. The molecule has 0 bridgehead atoms. The lowest BCUT2D eigenvalue weighted by atomic mass is 10.1. The summed E-state index contributed by atoms with van der Waals surface area (Å²) in [5.41, 5.74) is 1.06. The van der Waals surface area contributed by atoms with Crippen molar-refractivity contribution in [2.24, 2.45) is 0 Å². The molecule has 1 aromatic carbocycles. The zero-order valence-corrected chi connectivity index (χ0v) is 14.4. The molecule has 0 aliphatic rings. The Labute approximate surface area is 139 Å². The van der Waals surface area contributed by atoms with E-state index in [9.17, 15) is 5.11 Å². The van der Waals surface area contributed by atoms with Gasteiger partial charge in [0, 0.05) is 25.2 Å². The Morgan fingerprint density at radius 3 is 2.26 bits per heavy atom. The summed E-state index contributed by atoms with van der Waals surface area (Å²) < 4.78 is 15.8. The van der Waals surface area contributed by atoms with Gasteiger partial charge in [0.05, 0.1) is 26.9 Å². The molecule has 0 heterocycles. The number of rotatable bonds is 10. The Morgan fingerprint density at radius 1 is 1.17 bits per heavy atom. The van der Waals surface area contributed by atoms with Crippen LogP contribution in [0.4, 0.5) is 0 Å². The van der Waals surface area contributed by atoms with Crippen molar-refractivity contribution in [3.8, 4) is 23.8 Å². The van der Waals surface area contributed by atoms with Crippen molar-refractivity contribution in [3.05, 3.63) is 23.8 Å². The van der Waals surface area contributed by atoms with E-state index >= 15 is 0 Å². The minimum Gasteiger partial charge on any atom is -0.497 e. The fraction of sp³-hybridized carbons (Fsp3) is 0.556. The number of aliphatic hydroxyl groups is 1. The van der Waals surface area contributed by atoms with Crippen LogP contribution in [0.2, 0.25) is 0 Å². The van der Waals surface area contributed by atoms with Crippen LogP contribution in [-0.2, 0) is 11.3 Å². The van der Waals surface area contributed by atoms with E-state index < -0.39 is 6.10 Å². The van der Waals surface area contributed by atoms with Gasteiger partial charge in [-0.15, -0.1) is 6.42 Å². The molecule has 1 aromatic rings. The second-order valence-corrected chi connectivity index (χ2v) is 5.62. The predicted molar refractivity (Wildman–Crippen MR) is 90.8 cm³/mol. The van der Waals surface area contributed by atoms with Crippen molar-refractivity contribution >= 4 is 0 Å². The quantitative estimate of drug-likeness (QED) is 0.527. The first-order valence-electron chi connectivity index (χ1n) is 7.65. The first kappa shape index (κ1) is 19.3. The van der Waals surface area contributed by atoms with Crippen molar-refractivity contribution in [2.75, 3.05) is 34.0 Å². The molecule has 0 saturated heterocycles. The van der Waals surface area contributed by atoms with Gasteiger partial charge in [-0.1, -0.05) is 5.92 Å². The van der Waals surface area contributed by atoms with Crippen LogP contribution in [0.5, 0.6) is 11.5 Å². The summed E-state index contributed by atoms with van der Waals surface area (Å²) in [5, 5.41) is 10.1. The number of hydrogen-bond acceptors (Lipinski definition) is 5. The molecule has 1 rings (SSSR count). The van der Waals surface area contributed by atoms with Crippen molar-refractivity contribution in [1.82, 2.24) is 4.90 Å². The molecular formula is C18H27NO4. The van der Waals surface area contributed by atoms with E-state index in [0.717, 1.165) is 17.1 Å². The van der Waals surface area contributed by atoms with Gasteiger partial charge < -0.3 is 19.3 Å². The van der Waals surface area contributed by atoms with E-state index in [1.807, 2.05) is 18.2 Å². The number of terminal acetylenes is 1. The minimum absolute atomic E-state index is 0.214. The van der Waals surface area contributed by atoms with Gasteiger partial charge in [-0.25, -0.2) is 0 Å². The Kier molecular flexibility index (Phi) is 8.49. The lowest BCUT2D eigenvalue weighted by Crippen LogP contribution is -2.38. The van der Waals surface area contributed by atoms with Crippen LogP contribution < -0.4 is 9.47 Å². The third-order valence-corrected chi connectivity index (χ3v) is 3.47. The maximum Gasteiger partial charge on any atom is 0.122 e. The second-order valence-electron chi connectivity index (χ2n) is 5.62. The molecule has 0 aliphatic carbocycles. The molecule has 0 amide bonds. The Balaban J connectivity index is 2.74. The maximum atomic E-state index is 10.1. The Hall–Kier alpha value is -1.74. The SMILES string of the molecule is C#CCOC[C@@H](O)CN(Cc1cc(OC)cc(OC)c1)C(C)C. The molecule has 0 saturated carbocycles. The normalized spacial score (nSPS) is 12.3. The molecule has 0 spiro atoms. The van der Waals surface area contributed by atoms with Crippen molar-refractivity contribution in [2.45, 2.75) is 32.5 Å². The fourth-order valence-electron chi connectivity index (χ4n) is 2.23. The van der Waals surface area contributed by atoms with E-state index in [1.54, 1.807) is 14.2 Å². The smallest absolute Gasteiger partial charge is 0.122 e. The zero-order chi connectivity index (χ0) is 17.2. The average molecular weight is 321 g/mol. The van der Waals surface area contributed by atoms with Gasteiger partial charge in [0.2, 0.25) is 0 Å². The lowest BCUT2D eigenvalue weighted by molar-refractivity contribution is 0.0192. The van der Waals surface area contributed by atoms with Crippen LogP contribution in [0.15, 0.2) is 18.2 Å². The maximum absolute atomic E-state index is 10.1. The number of ether oxygens (including phenoxy) is 3. The van der Waals surface area contributed by atoms with Crippen LogP contribution in [0.1, 0.15) is 19.4 Å². The second kappa shape index (κ2) is 10.1. The number of methoxy groups -OCH3 is 2. The topological polar surface area (TPSA) is 51.2 Å². The highest BCUT2D eigenvalue weighted by atomic mass is 16.5. The lowest BCUT2D eigenvalue weighted by Gasteiger charge is -2.29. The molecule has 23 heavy (non-hydrogen) atoms. The molecule has 0 aromatic heterocycles. The minimum atomic E-state index is -0.585. The van der Waals surface area contributed by atoms with E-state index in [4.69, 9.17) is 20.6 Å². The Morgan fingerprint density at radius 2 is 1.78 bits per heavy atom. The van der Waals surface area contributed by atoms with Gasteiger partial charge >= 0.3 is 0 Å². The van der Waals surface area contributed by atoms with Gasteiger partial charge in [-0.2, -0.15) is 0 Å². The molecule has 5 nitrogen and oxygen atoms in total. The fourth-order valence-corrected chi connectivity index (χ4v) is 2.23. The van der Waals surface area contributed by atoms with Crippen LogP contribution >= 0.6 is 0 Å². The third kappa shape index (κ3) is 6.91. The van der Waals surface area contributed by atoms with Gasteiger partial charge in [-0.05, 0) is 31.5 Å². The number of hydrogen-bond donors (Lipinski definition) is 1. The van der Waals surface area contributed by atoms with Crippen LogP contribution in [0.3, 0.4) is 0 Å². The third-order valence-electron chi connectivity index (χ3n) is 3.47. The van der Waals surface area contributed by atoms with Crippen molar-refractivity contribution < 1.29 is 19.3 Å². The van der Waals surface area contributed by atoms with E-state index in [1.165, 1.54) is 0 Å². The van der Waals surface area contributed by atoms with E-state index in [2.05, 4.69) is 24.7 Å². The molecule has 0 aliphatic heterocycles. The summed E-state index contributed by atoms with van der Waals surface area (Å²) in [7, 11) is 3.26. The molecular weight excluding hydrogens is 294 g/mol. The molecule has 0 unspecified atom stereocenters. The summed E-state index contributed by atoms with van der Waals surface area (Å²) >= 11 is 0. The molecule has 5 heteroatoms. The zero-order valence-electron chi connectivity index (χ0n) is 14.4. The first-order valence-corrected chi connectivity index (χ1v) is 7.65. The predicted octanol–water partition coefficient (Wildman–Crippen LogP) is 1.92. The largest absolute Gasteiger partial charge is 0.497 e. The monoisotopic (exact) mass is 321 g/mol. The molecule has 0 radical (unpaired) electrons. The Bertz CT molecular complexity index is 488. The summed E-state index contributed by atoms with van der Waals surface area (Å²) in [6, 6.07) is 6.05. The first-order chi connectivity index (χ1) is 11.0. The molecule has 128 valence electrons. The van der Waals surface area contributed by atoms with Gasteiger partial charge in [0.15, 0.2) is 0 Å². The molecule has 1 N–H and O–H groups in total. The van der Waals surface area contributed by atoms with Crippen LogP contribution in [0, 0.1) is 12.3 Å². The molecule has 1 atom stereocenters. The van der Waals surface area contributed by atoms with Gasteiger partial charge in [0.25, 0.3) is 0 Å². The van der Waals surface area contributed by atoms with Crippen LogP contribution in [0.25, 0.3) is 0 Å². The number of aliphatic hydroxyl groups excluding tert-OH is 1. The van der Waals surface area contributed by atoms with Crippen molar-refractivity contribution in [3.63, 3.8) is 0 Å². The van der Waals surface area contributed by atoms with Crippen LogP contribution in [-0.4, -0.2) is 56.1 Å². The van der Waals surface area contributed by atoms with E-state index in [-0.39, 0.29) is 19.3 Å². The highest BCUT2D eigenvalue weighted by Gasteiger charge is 2.16. The summed E-state index contributed by atoms with van der Waals surface area (Å²) in [5.74, 6) is 3.89. The standard InChI is InChI=1S/C18H27NO4/c1-6-7-23-13-16(20)12-19(14(2)3)11-15-8-17(21-4)10-18(9-15)22-5/h1,8-10,14,16,20H,7,11-13H2,2-5H3/t16-/m0/s1. The van der Waals surface area contributed by atoms with Crippen molar-refractivity contribution in [1.29, 1.82) is 0 Å². The van der Waals surface area contributed by atoms with Gasteiger partial charge in [0.1, 0.15) is 18.1 Å². The molecule has 0 fully saturated rings. The van der Waals surface area contributed by atoms with Gasteiger partial charge in [-0.3, -0.25) is 4.90 Å². The summed E-state index contributed by atoms with van der Waals surface area (Å²) in [6.45, 7) is 5.80. The summed E-state index contributed by atoms with van der Waals surface area (Å²) in [4.78, 5) is 2.16. The highest BCUT2D eigenvalue weighted by Crippen LogP contribution is 2.24. The van der Waals surface area contributed by atoms with E-state index in [0.29, 0.717) is 13.1 Å². The summed E-state index contributed by atoms with van der Waals surface area (Å²) in [6.07, 6.45) is 4.55. The average Bonchev–Trinajstić information content (AvgIpc) is 2.53. The number of nitrogens with zero attached hydrogens (tertiary/aromatic N) is 1.